The molecule has 0 amide bonds. The van der Waals surface area contributed by atoms with E-state index in [0.717, 1.165) is 87.0 Å². The molecule has 4 heterocycles. The first kappa shape index (κ1) is 23.8. The van der Waals surface area contributed by atoms with Crippen molar-refractivity contribution in [3.63, 3.8) is 0 Å². The molecule has 186 valence electrons. The van der Waals surface area contributed by atoms with Gasteiger partial charge in [-0.2, -0.15) is 4.98 Å². The van der Waals surface area contributed by atoms with E-state index in [2.05, 4.69) is 72.4 Å². The van der Waals surface area contributed by atoms with E-state index in [4.69, 9.17) is 19.4 Å². The molecule has 2 atom stereocenters. The van der Waals surface area contributed by atoms with Crippen molar-refractivity contribution in [1.29, 1.82) is 0 Å². The van der Waals surface area contributed by atoms with Gasteiger partial charge in [0.25, 0.3) is 0 Å². The lowest BCUT2D eigenvalue weighted by atomic mass is 10.0. The van der Waals surface area contributed by atoms with E-state index in [1.165, 1.54) is 5.56 Å². The average Bonchev–Trinajstić information content (AvgIpc) is 3.41. The van der Waals surface area contributed by atoms with Crippen molar-refractivity contribution in [2.75, 3.05) is 43.5 Å². The summed E-state index contributed by atoms with van der Waals surface area (Å²) in [6.45, 7) is 8.91. The van der Waals surface area contributed by atoms with Gasteiger partial charge in [-0.3, -0.25) is 0 Å². The van der Waals surface area contributed by atoms with Gasteiger partial charge in [0, 0.05) is 61.9 Å². The number of nitrogens with one attached hydrogen (secondary N) is 1. The van der Waals surface area contributed by atoms with Crippen LogP contribution in [0.1, 0.15) is 49.9 Å². The number of likely N-dealkylation sites (N-methyl/N-ethyl adjacent to an activating group) is 2. The molecule has 0 spiro atoms. The molecule has 0 saturated carbocycles. The standard InChI is InChI=1S/C28H37N5O2/c1-4-20-13-16-35-26(17-20)21-8-10-22(11-9-21)29-28-30-25-12-14-32(3)19-24(25)27(31-28)33(5-2)18-23-7-6-15-34-23/h8-11,13,16-17,20,23H,4-7,12,14-15,18-19H2,1-3H3,(H,29,30,31). The highest BCUT2D eigenvalue weighted by atomic mass is 16.5. The molecule has 7 heteroatoms. The summed E-state index contributed by atoms with van der Waals surface area (Å²) in [5, 5.41) is 3.46. The first-order valence-corrected chi connectivity index (χ1v) is 13.0. The SMILES string of the molecule is CCC1C=COC(c2ccc(Nc3nc4c(c(N(CC)CC5CCCO5)n3)CN(C)CC4)cc2)=C1. The molecule has 35 heavy (non-hydrogen) atoms. The van der Waals surface area contributed by atoms with Gasteiger partial charge in [-0.05, 0) is 69.7 Å². The largest absolute Gasteiger partial charge is 0.465 e. The number of allylic oxidation sites excluding steroid dienone is 2. The van der Waals surface area contributed by atoms with Gasteiger partial charge in [0.2, 0.25) is 5.95 Å². The number of hydrogen-bond acceptors (Lipinski definition) is 7. The monoisotopic (exact) mass is 475 g/mol. The van der Waals surface area contributed by atoms with Crippen molar-refractivity contribution < 1.29 is 9.47 Å². The van der Waals surface area contributed by atoms with Crippen LogP contribution in [-0.2, 0) is 22.4 Å². The number of aromatic nitrogens is 2. The van der Waals surface area contributed by atoms with E-state index in [0.29, 0.717) is 11.9 Å². The Labute approximate surface area is 208 Å². The third kappa shape index (κ3) is 5.52. The molecule has 1 aromatic heterocycles. The van der Waals surface area contributed by atoms with Crippen LogP contribution in [0.2, 0.25) is 0 Å². The van der Waals surface area contributed by atoms with Gasteiger partial charge in [-0.1, -0.05) is 6.92 Å². The van der Waals surface area contributed by atoms with E-state index < -0.39 is 0 Å². The first-order valence-electron chi connectivity index (χ1n) is 13.0. The number of benzene rings is 1. The van der Waals surface area contributed by atoms with E-state index in [1.54, 1.807) is 6.26 Å². The molecule has 2 aromatic rings. The van der Waals surface area contributed by atoms with E-state index >= 15 is 0 Å². The molecule has 2 unspecified atom stereocenters. The van der Waals surface area contributed by atoms with Crippen LogP contribution in [0.15, 0.2) is 42.7 Å². The Kier molecular flexibility index (Phi) is 7.35. The summed E-state index contributed by atoms with van der Waals surface area (Å²) in [5.41, 5.74) is 4.44. The molecule has 3 aliphatic heterocycles. The van der Waals surface area contributed by atoms with Gasteiger partial charge in [0.05, 0.1) is 18.1 Å². The molecule has 5 rings (SSSR count). The van der Waals surface area contributed by atoms with Gasteiger partial charge in [-0.25, -0.2) is 4.98 Å². The molecule has 0 bridgehead atoms. The fourth-order valence-corrected chi connectivity index (χ4v) is 5.02. The third-order valence-electron chi connectivity index (χ3n) is 7.14. The molecule has 0 aliphatic carbocycles. The van der Waals surface area contributed by atoms with Gasteiger partial charge in [0.15, 0.2) is 0 Å². The Hall–Kier alpha value is -2.90. The fraction of sp³-hybridized carbons (Fsp3) is 0.500. The lowest BCUT2D eigenvalue weighted by molar-refractivity contribution is 0.115. The molecule has 7 nitrogen and oxygen atoms in total. The van der Waals surface area contributed by atoms with Crippen LogP contribution < -0.4 is 10.2 Å². The molecule has 3 aliphatic rings. The normalized spacial score (nSPS) is 21.9. The number of fused-ring (bicyclic) bond motifs is 1. The van der Waals surface area contributed by atoms with Crippen molar-refractivity contribution in [2.45, 2.75) is 52.2 Å². The second-order valence-electron chi connectivity index (χ2n) is 9.71. The minimum absolute atomic E-state index is 0.282. The maximum atomic E-state index is 5.94. The predicted molar refractivity (Wildman–Crippen MR) is 141 cm³/mol. The predicted octanol–water partition coefficient (Wildman–Crippen LogP) is 5.12. The Balaban J connectivity index is 1.38. The smallest absolute Gasteiger partial charge is 0.229 e. The highest BCUT2D eigenvalue weighted by Crippen LogP contribution is 2.30. The number of ether oxygens (including phenoxy) is 2. The zero-order chi connectivity index (χ0) is 24.2. The van der Waals surface area contributed by atoms with Crippen LogP contribution in [0, 0.1) is 5.92 Å². The summed E-state index contributed by atoms with van der Waals surface area (Å²) in [6, 6.07) is 8.31. The summed E-state index contributed by atoms with van der Waals surface area (Å²) < 4.78 is 11.7. The number of rotatable bonds is 8. The molecular formula is C28H37N5O2. The van der Waals surface area contributed by atoms with Gasteiger partial charge >= 0.3 is 0 Å². The van der Waals surface area contributed by atoms with Crippen LogP contribution in [0.4, 0.5) is 17.5 Å². The van der Waals surface area contributed by atoms with Gasteiger partial charge < -0.3 is 24.6 Å². The molecule has 1 fully saturated rings. The Morgan fingerprint density at radius 2 is 2.03 bits per heavy atom. The van der Waals surface area contributed by atoms with Gasteiger partial charge in [-0.15, -0.1) is 0 Å². The summed E-state index contributed by atoms with van der Waals surface area (Å²) in [7, 11) is 2.17. The lowest BCUT2D eigenvalue weighted by Gasteiger charge is -2.32. The molecule has 1 aromatic carbocycles. The van der Waals surface area contributed by atoms with Crippen LogP contribution in [0.3, 0.4) is 0 Å². The van der Waals surface area contributed by atoms with E-state index in [9.17, 15) is 0 Å². The van der Waals surface area contributed by atoms with Crippen molar-refractivity contribution >= 4 is 23.2 Å². The summed E-state index contributed by atoms with van der Waals surface area (Å²) in [5.74, 6) is 3.03. The molecular weight excluding hydrogens is 438 g/mol. The summed E-state index contributed by atoms with van der Waals surface area (Å²) >= 11 is 0. The van der Waals surface area contributed by atoms with E-state index in [-0.39, 0.29) is 6.10 Å². The van der Waals surface area contributed by atoms with Crippen LogP contribution in [-0.4, -0.2) is 54.3 Å². The van der Waals surface area contributed by atoms with Crippen LogP contribution in [0.25, 0.3) is 5.76 Å². The van der Waals surface area contributed by atoms with Gasteiger partial charge in [0.1, 0.15) is 11.6 Å². The van der Waals surface area contributed by atoms with Crippen molar-refractivity contribution in [3.05, 3.63) is 59.5 Å². The number of nitrogens with zero attached hydrogens (tertiary/aromatic N) is 4. The minimum atomic E-state index is 0.282. The number of hydrogen-bond donors (Lipinski definition) is 1. The van der Waals surface area contributed by atoms with Crippen molar-refractivity contribution in [3.8, 4) is 0 Å². The molecule has 0 radical (unpaired) electrons. The van der Waals surface area contributed by atoms with Crippen molar-refractivity contribution in [2.24, 2.45) is 5.92 Å². The summed E-state index contributed by atoms with van der Waals surface area (Å²) in [6.07, 6.45) is 10.6. The topological polar surface area (TPSA) is 62.8 Å². The van der Waals surface area contributed by atoms with Crippen molar-refractivity contribution in [1.82, 2.24) is 14.9 Å². The zero-order valence-electron chi connectivity index (χ0n) is 21.2. The maximum absolute atomic E-state index is 5.94. The van der Waals surface area contributed by atoms with Crippen LogP contribution in [0.5, 0.6) is 0 Å². The quantitative estimate of drug-likeness (QED) is 0.568. The Morgan fingerprint density at radius 3 is 2.77 bits per heavy atom. The summed E-state index contributed by atoms with van der Waals surface area (Å²) in [4.78, 5) is 14.7. The van der Waals surface area contributed by atoms with Crippen LogP contribution >= 0.6 is 0 Å². The Bertz CT molecular complexity index is 1080. The number of anilines is 3. The average molecular weight is 476 g/mol. The minimum Gasteiger partial charge on any atom is -0.465 e. The Morgan fingerprint density at radius 1 is 1.17 bits per heavy atom. The zero-order valence-corrected chi connectivity index (χ0v) is 21.2. The fourth-order valence-electron chi connectivity index (χ4n) is 5.02. The maximum Gasteiger partial charge on any atom is 0.229 e. The second kappa shape index (κ2) is 10.8. The highest BCUT2D eigenvalue weighted by molar-refractivity contribution is 5.66. The third-order valence-corrected chi connectivity index (χ3v) is 7.14. The van der Waals surface area contributed by atoms with E-state index in [1.807, 2.05) is 0 Å². The molecule has 1 saturated heterocycles. The molecule has 1 N–H and O–H groups in total. The lowest BCUT2D eigenvalue weighted by Crippen LogP contribution is -2.36. The highest BCUT2D eigenvalue weighted by Gasteiger charge is 2.26. The first-order chi connectivity index (χ1) is 17.1. The second-order valence-corrected chi connectivity index (χ2v) is 9.71.